The molecular formula is C21H22F3N3O6. The van der Waals surface area contributed by atoms with Crippen LogP contribution in [0.3, 0.4) is 0 Å². The highest BCUT2D eigenvalue weighted by atomic mass is 19.4. The predicted molar refractivity (Wildman–Crippen MR) is 111 cm³/mol. The molecule has 3 amide bonds. The highest BCUT2D eigenvalue weighted by Crippen LogP contribution is 2.29. The molecule has 9 nitrogen and oxygen atoms in total. The standard InChI is InChI=1S/C21H22F3N3O6/c1-11-16(32-2)7-14(8-17(11)33-3)18(28)25-10-13-5-4-12(9-26-20(30)31)6-15(13)27-19(29)21(22,23)24/h4-8,26H,9-10H2,1-3H3,(H,25,28)(H,27,29)(H,30,31). The van der Waals surface area contributed by atoms with Crippen LogP contribution in [0.15, 0.2) is 30.3 Å². The van der Waals surface area contributed by atoms with Crippen LogP contribution in [-0.2, 0) is 17.9 Å². The Balaban J connectivity index is 2.27. The first kappa shape index (κ1) is 25.3. The second-order valence-electron chi connectivity index (χ2n) is 6.79. The van der Waals surface area contributed by atoms with Crippen LogP contribution in [0.25, 0.3) is 0 Å². The molecule has 0 unspecified atom stereocenters. The van der Waals surface area contributed by atoms with Gasteiger partial charge in [-0.25, -0.2) is 4.79 Å². The minimum Gasteiger partial charge on any atom is -0.496 e. The second-order valence-corrected chi connectivity index (χ2v) is 6.79. The summed E-state index contributed by atoms with van der Waals surface area (Å²) in [6, 6.07) is 7.00. The number of rotatable bonds is 8. The Kier molecular flexibility index (Phi) is 8.10. The molecule has 0 radical (unpaired) electrons. The van der Waals surface area contributed by atoms with E-state index >= 15 is 0 Å². The molecule has 0 aliphatic carbocycles. The molecule has 33 heavy (non-hydrogen) atoms. The third-order valence-electron chi connectivity index (χ3n) is 4.58. The van der Waals surface area contributed by atoms with Gasteiger partial charge in [-0.1, -0.05) is 12.1 Å². The Labute approximate surface area is 186 Å². The molecule has 0 aliphatic rings. The number of carbonyl (C=O) groups excluding carboxylic acids is 2. The average Bonchev–Trinajstić information content (AvgIpc) is 2.76. The molecule has 0 bridgehead atoms. The normalized spacial score (nSPS) is 10.8. The fourth-order valence-electron chi connectivity index (χ4n) is 2.87. The molecular weight excluding hydrogens is 447 g/mol. The molecule has 2 rings (SSSR count). The van der Waals surface area contributed by atoms with Crippen molar-refractivity contribution < 1.29 is 42.1 Å². The summed E-state index contributed by atoms with van der Waals surface area (Å²) >= 11 is 0. The first-order chi connectivity index (χ1) is 15.5. The highest BCUT2D eigenvalue weighted by Gasteiger charge is 2.39. The fourth-order valence-corrected chi connectivity index (χ4v) is 2.87. The lowest BCUT2D eigenvalue weighted by atomic mass is 10.1. The number of carboxylic acid groups (broad SMARTS) is 1. The van der Waals surface area contributed by atoms with E-state index in [4.69, 9.17) is 14.6 Å². The minimum atomic E-state index is -5.13. The zero-order chi connectivity index (χ0) is 24.8. The zero-order valence-corrected chi connectivity index (χ0v) is 17.9. The SMILES string of the molecule is COc1cc(C(=O)NCc2ccc(CNC(=O)O)cc2NC(=O)C(F)(F)F)cc(OC)c1C. The maximum atomic E-state index is 12.7. The van der Waals surface area contributed by atoms with Crippen molar-refractivity contribution in [3.8, 4) is 11.5 Å². The summed E-state index contributed by atoms with van der Waals surface area (Å²) < 4.78 is 48.7. The van der Waals surface area contributed by atoms with Gasteiger partial charge < -0.3 is 30.5 Å². The summed E-state index contributed by atoms with van der Waals surface area (Å²) in [7, 11) is 2.86. The van der Waals surface area contributed by atoms with E-state index in [1.165, 1.54) is 44.6 Å². The van der Waals surface area contributed by atoms with Crippen molar-refractivity contribution in [2.75, 3.05) is 19.5 Å². The number of hydrogen-bond acceptors (Lipinski definition) is 5. The lowest BCUT2D eigenvalue weighted by Crippen LogP contribution is -2.31. The zero-order valence-electron chi connectivity index (χ0n) is 17.9. The van der Waals surface area contributed by atoms with Crippen LogP contribution in [0.1, 0.15) is 27.0 Å². The molecule has 0 aromatic heterocycles. The smallest absolute Gasteiger partial charge is 0.471 e. The van der Waals surface area contributed by atoms with Crippen molar-refractivity contribution in [1.82, 2.24) is 10.6 Å². The summed E-state index contributed by atoms with van der Waals surface area (Å²) in [5.41, 5.74) is 1.13. The van der Waals surface area contributed by atoms with Gasteiger partial charge in [-0.2, -0.15) is 13.2 Å². The maximum absolute atomic E-state index is 12.7. The fraction of sp³-hybridized carbons (Fsp3) is 0.286. The summed E-state index contributed by atoms with van der Waals surface area (Å²) in [4.78, 5) is 34.7. The third kappa shape index (κ3) is 6.76. The van der Waals surface area contributed by atoms with Crippen LogP contribution in [0.2, 0.25) is 0 Å². The van der Waals surface area contributed by atoms with Crippen molar-refractivity contribution in [3.05, 3.63) is 52.6 Å². The Hall–Kier alpha value is -3.96. The van der Waals surface area contributed by atoms with E-state index in [0.717, 1.165) is 0 Å². The van der Waals surface area contributed by atoms with Crippen LogP contribution < -0.4 is 25.4 Å². The van der Waals surface area contributed by atoms with Crippen LogP contribution in [0.5, 0.6) is 11.5 Å². The van der Waals surface area contributed by atoms with Crippen molar-refractivity contribution >= 4 is 23.6 Å². The van der Waals surface area contributed by atoms with Gasteiger partial charge in [0.15, 0.2) is 0 Å². The number of amides is 3. The highest BCUT2D eigenvalue weighted by molar-refractivity contribution is 5.97. The summed E-state index contributed by atoms with van der Waals surface area (Å²) in [5.74, 6) is -1.94. The van der Waals surface area contributed by atoms with E-state index < -0.39 is 24.1 Å². The molecule has 4 N–H and O–H groups in total. The van der Waals surface area contributed by atoms with E-state index in [1.54, 1.807) is 12.2 Å². The number of hydrogen-bond donors (Lipinski definition) is 4. The van der Waals surface area contributed by atoms with Crippen molar-refractivity contribution in [1.29, 1.82) is 0 Å². The van der Waals surface area contributed by atoms with Gasteiger partial charge in [-0.15, -0.1) is 0 Å². The van der Waals surface area contributed by atoms with Gasteiger partial charge in [0.05, 0.1) is 14.2 Å². The van der Waals surface area contributed by atoms with Crippen LogP contribution in [0.4, 0.5) is 23.7 Å². The quantitative estimate of drug-likeness (QED) is 0.471. The number of benzene rings is 2. The number of alkyl halides is 3. The van der Waals surface area contributed by atoms with E-state index in [1.807, 2.05) is 0 Å². The molecule has 0 saturated heterocycles. The monoisotopic (exact) mass is 469 g/mol. The lowest BCUT2D eigenvalue weighted by Gasteiger charge is -2.16. The second kappa shape index (κ2) is 10.6. The first-order valence-electron chi connectivity index (χ1n) is 9.43. The van der Waals surface area contributed by atoms with Gasteiger partial charge in [0.2, 0.25) is 0 Å². The van der Waals surface area contributed by atoms with Gasteiger partial charge in [0.1, 0.15) is 11.5 Å². The lowest BCUT2D eigenvalue weighted by molar-refractivity contribution is -0.167. The number of anilines is 1. The molecule has 178 valence electrons. The summed E-state index contributed by atoms with van der Waals surface area (Å²) in [6.45, 7) is 1.33. The summed E-state index contributed by atoms with van der Waals surface area (Å²) in [5, 5.41) is 15.1. The molecule has 2 aromatic carbocycles. The molecule has 0 heterocycles. The largest absolute Gasteiger partial charge is 0.496 e. The average molecular weight is 469 g/mol. The van der Waals surface area contributed by atoms with Crippen LogP contribution in [0, 0.1) is 6.92 Å². The predicted octanol–water partition coefficient (Wildman–Crippen LogP) is 3.21. The molecule has 12 heteroatoms. The van der Waals surface area contributed by atoms with Gasteiger partial charge >= 0.3 is 18.2 Å². The molecule has 0 spiro atoms. The Bertz CT molecular complexity index is 1030. The number of carbonyl (C=O) groups is 3. The summed E-state index contributed by atoms with van der Waals surface area (Å²) in [6.07, 6.45) is -6.46. The molecule has 0 atom stereocenters. The topological polar surface area (TPSA) is 126 Å². The number of ether oxygens (including phenoxy) is 2. The van der Waals surface area contributed by atoms with E-state index in [0.29, 0.717) is 22.6 Å². The van der Waals surface area contributed by atoms with Gasteiger partial charge in [0.25, 0.3) is 5.91 Å². The van der Waals surface area contributed by atoms with E-state index in [9.17, 15) is 27.6 Å². The minimum absolute atomic E-state index is 0.172. The third-order valence-corrected chi connectivity index (χ3v) is 4.58. The molecule has 0 aliphatic heterocycles. The van der Waals surface area contributed by atoms with Crippen LogP contribution >= 0.6 is 0 Å². The maximum Gasteiger partial charge on any atom is 0.471 e. The van der Waals surface area contributed by atoms with Gasteiger partial charge in [0, 0.05) is 29.9 Å². The molecule has 0 fully saturated rings. The van der Waals surface area contributed by atoms with Gasteiger partial charge in [-0.3, -0.25) is 9.59 Å². The first-order valence-corrected chi connectivity index (χ1v) is 9.43. The number of halogens is 3. The molecule has 0 saturated carbocycles. The Morgan fingerprint density at radius 1 is 0.970 bits per heavy atom. The van der Waals surface area contributed by atoms with Crippen molar-refractivity contribution in [2.45, 2.75) is 26.2 Å². The van der Waals surface area contributed by atoms with Crippen molar-refractivity contribution in [2.24, 2.45) is 0 Å². The Morgan fingerprint density at radius 3 is 2.09 bits per heavy atom. The van der Waals surface area contributed by atoms with Crippen LogP contribution in [-0.4, -0.2) is 43.4 Å². The van der Waals surface area contributed by atoms with Crippen molar-refractivity contribution in [3.63, 3.8) is 0 Å². The Morgan fingerprint density at radius 2 is 1.58 bits per heavy atom. The number of nitrogens with one attached hydrogen (secondary N) is 3. The molecule has 2 aromatic rings. The van der Waals surface area contributed by atoms with Gasteiger partial charge in [-0.05, 0) is 36.2 Å². The number of methoxy groups -OCH3 is 2. The van der Waals surface area contributed by atoms with E-state index in [-0.39, 0.29) is 29.9 Å². The van der Waals surface area contributed by atoms with E-state index in [2.05, 4.69) is 10.6 Å².